The van der Waals surface area contributed by atoms with Crippen LogP contribution in [0.3, 0.4) is 0 Å². The van der Waals surface area contributed by atoms with Crippen LogP contribution in [0.4, 0.5) is 0 Å². The van der Waals surface area contributed by atoms with Crippen molar-refractivity contribution >= 4 is 9.84 Å². The van der Waals surface area contributed by atoms with E-state index in [4.69, 9.17) is 0 Å². The SMILES string of the molecule is CCCCCS(=O)(=O)C1CC(C)CCC1NCCC. The van der Waals surface area contributed by atoms with Crippen molar-refractivity contribution in [3.8, 4) is 0 Å². The van der Waals surface area contributed by atoms with E-state index < -0.39 is 9.84 Å². The van der Waals surface area contributed by atoms with Gasteiger partial charge in [0.25, 0.3) is 0 Å². The molecule has 1 saturated carbocycles. The lowest BCUT2D eigenvalue weighted by Gasteiger charge is -2.35. The van der Waals surface area contributed by atoms with E-state index in [0.29, 0.717) is 11.7 Å². The maximum atomic E-state index is 12.5. The Morgan fingerprint density at radius 1 is 1.11 bits per heavy atom. The number of rotatable bonds is 8. The fourth-order valence-electron chi connectivity index (χ4n) is 2.99. The molecule has 0 saturated heterocycles. The molecule has 3 unspecified atom stereocenters. The number of hydrogen-bond acceptors (Lipinski definition) is 3. The van der Waals surface area contributed by atoms with Gasteiger partial charge in [0.05, 0.1) is 11.0 Å². The lowest BCUT2D eigenvalue weighted by Crippen LogP contribution is -2.48. The molecule has 1 fully saturated rings. The minimum Gasteiger partial charge on any atom is -0.313 e. The van der Waals surface area contributed by atoms with Crippen molar-refractivity contribution in [3.05, 3.63) is 0 Å². The molecular weight excluding hydrogens is 258 g/mol. The first-order valence-corrected chi connectivity index (χ1v) is 9.67. The summed E-state index contributed by atoms with van der Waals surface area (Å²) in [5, 5.41) is 3.31. The van der Waals surface area contributed by atoms with Crippen molar-refractivity contribution < 1.29 is 8.42 Å². The van der Waals surface area contributed by atoms with Crippen LogP contribution in [0.25, 0.3) is 0 Å². The molecule has 19 heavy (non-hydrogen) atoms. The highest BCUT2D eigenvalue weighted by Crippen LogP contribution is 2.29. The highest BCUT2D eigenvalue weighted by Gasteiger charge is 2.36. The zero-order valence-electron chi connectivity index (χ0n) is 12.8. The van der Waals surface area contributed by atoms with E-state index in [-0.39, 0.29) is 11.3 Å². The van der Waals surface area contributed by atoms with Crippen molar-refractivity contribution in [1.29, 1.82) is 0 Å². The molecule has 1 N–H and O–H groups in total. The zero-order valence-corrected chi connectivity index (χ0v) is 13.6. The van der Waals surface area contributed by atoms with Crippen molar-refractivity contribution in [1.82, 2.24) is 5.32 Å². The standard InChI is InChI=1S/C15H31NO2S/c1-4-6-7-11-19(17,18)15-12-13(3)8-9-14(15)16-10-5-2/h13-16H,4-12H2,1-3H3. The van der Waals surface area contributed by atoms with E-state index in [1.165, 1.54) is 0 Å². The number of unbranched alkanes of at least 4 members (excludes halogenated alkanes) is 2. The van der Waals surface area contributed by atoms with Crippen LogP contribution in [0, 0.1) is 5.92 Å². The van der Waals surface area contributed by atoms with Gasteiger partial charge in [-0.2, -0.15) is 0 Å². The summed E-state index contributed by atoms with van der Waals surface area (Å²) in [4.78, 5) is 0. The third-order valence-electron chi connectivity index (χ3n) is 4.20. The van der Waals surface area contributed by atoms with Crippen LogP contribution in [0.1, 0.15) is 65.7 Å². The third kappa shape index (κ3) is 5.42. The van der Waals surface area contributed by atoms with E-state index in [9.17, 15) is 8.42 Å². The van der Waals surface area contributed by atoms with Gasteiger partial charge in [-0.25, -0.2) is 8.42 Å². The van der Waals surface area contributed by atoms with Crippen molar-refractivity contribution in [2.75, 3.05) is 12.3 Å². The van der Waals surface area contributed by atoms with Crippen LogP contribution in [0.15, 0.2) is 0 Å². The summed E-state index contributed by atoms with van der Waals surface area (Å²) in [5.41, 5.74) is 0. The average molecular weight is 289 g/mol. The normalized spacial score (nSPS) is 28.5. The molecule has 0 aromatic heterocycles. The minimum absolute atomic E-state index is 0.153. The largest absolute Gasteiger partial charge is 0.313 e. The molecule has 114 valence electrons. The fraction of sp³-hybridized carbons (Fsp3) is 1.00. The van der Waals surface area contributed by atoms with E-state index in [2.05, 4.69) is 26.1 Å². The van der Waals surface area contributed by atoms with Crippen LogP contribution < -0.4 is 5.32 Å². The Morgan fingerprint density at radius 2 is 1.84 bits per heavy atom. The zero-order chi connectivity index (χ0) is 14.3. The van der Waals surface area contributed by atoms with Crippen molar-refractivity contribution in [2.24, 2.45) is 5.92 Å². The van der Waals surface area contributed by atoms with Crippen LogP contribution in [0.5, 0.6) is 0 Å². The Labute approximate surface area is 119 Å². The highest BCUT2D eigenvalue weighted by molar-refractivity contribution is 7.92. The van der Waals surface area contributed by atoms with Gasteiger partial charge in [0, 0.05) is 6.04 Å². The molecule has 3 nitrogen and oxygen atoms in total. The molecule has 4 heteroatoms. The first kappa shape index (κ1) is 17.0. The topological polar surface area (TPSA) is 46.2 Å². The molecule has 3 atom stereocenters. The summed E-state index contributed by atoms with van der Waals surface area (Å²) < 4.78 is 25.1. The molecule has 0 aliphatic heterocycles. The van der Waals surface area contributed by atoms with Gasteiger partial charge >= 0.3 is 0 Å². The minimum atomic E-state index is -2.93. The monoisotopic (exact) mass is 289 g/mol. The molecular formula is C15H31NO2S. The Balaban J connectivity index is 2.66. The molecule has 0 amide bonds. The van der Waals surface area contributed by atoms with Gasteiger partial charge in [-0.1, -0.05) is 33.6 Å². The maximum Gasteiger partial charge on any atom is 0.154 e. The summed E-state index contributed by atoms with van der Waals surface area (Å²) in [7, 11) is -2.93. The molecule has 1 aliphatic rings. The van der Waals surface area contributed by atoms with E-state index in [0.717, 1.165) is 51.5 Å². The fourth-order valence-corrected chi connectivity index (χ4v) is 5.26. The van der Waals surface area contributed by atoms with Crippen LogP contribution in [0.2, 0.25) is 0 Å². The Kier molecular flexibility index (Phi) is 7.37. The predicted octanol–water partition coefficient (Wildman–Crippen LogP) is 3.15. The van der Waals surface area contributed by atoms with Crippen molar-refractivity contribution in [2.45, 2.75) is 77.0 Å². The Morgan fingerprint density at radius 3 is 2.47 bits per heavy atom. The average Bonchev–Trinajstić information content (AvgIpc) is 2.37. The van der Waals surface area contributed by atoms with E-state index in [1.54, 1.807) is 0 Å². The molecule has 0 spiro atoms. The number of hydrogen-bond donors (Lipinski definition) is 1. The third-order valence-corrected chi connectivity index (χ3v) is 6.51. The second-order valence-corrected chi connectivity index (χ2v) is 8.43. The summed E-state index contributed by atoms with van der Waals surface area (Å²) in [6, 6.07) is 0.183. The van der Waals surface area contributed by atoms with Gasteiger partial charge in [-0.3, -0.25) is 0 Å². The molecule has 1 rings (SSSR count). The lowest BCUT2D eigenvalue weighted by atomic mass is 9.87. The second kappa shape index (κ2) is 8.25. The molecule has 1 aliphatic carbocycles. The quantitative estimate of drug-likeness (QED) is 0.698. The number of nitrogens with one attached hydrogen (secondary N) is 1. The smallest absolute Gasteiger partial charge is 0.154 e. The number of sulfone groups is 1. The van der Waals surface area contributed by atoms with Gasteiger partial charge in [0.15, 0.2) is 9.84 Å². The maximum absolute atomic E-state index is 12.5. The first-order chi connectivity index (χ1) is 9.01. The summed E-state index contributed by atoms with van der Waals surface area (Å²) in [6.45, 7) is 7.36. The van der Waals surface area contributed by atoms with Crippen LogP contribution >= 0.6 is 0 Å². The van der Waals surface area contributed by atoms with Crippen molar-refractivity contribution in [3.63, 3.8) is 0 Å². The lowest BCUT2D eigenvalue weighted by molar-refractivity contribution is 0.308. The first-order valence-electron chi connectivity index (χ1n) is 7.96. The molecule has 0 radical (unpaired) electrons. The van der Waals surface area contributed by atoms with E-state index >= 15 is 0 Å². The molecule has 0 aromatic rings. The molecule has 0 heterocycles. The van der Waals surface area contributed by atoms with Gasteiger partial charge in [-0.05, 0) is 44.6 Å². The second-order valence-electron chi connectivity index (χ2n) is 6.09. The highest BCUT2D eigenvalue weighted by atomic mass is 32.2. The van der Waals surface area contributed by atoms with Gasteiger partial charge in [0.2, 0.25) is 0 Å². The van der Waals surface area contributed by atoms with Gasteiger partial charge in [0.1, 0.15) is 0 Å². The van der Waals surface area contributed by atoms with Gasteiger partial charge in [-0.15, -0.1) is 0 Å². The summed E-state index contributed by atoms with van der Waals surface area (Å²) in [5.74, 6) is 0.924. The molecule has 0 bridgehead atoms. The van der Waals surface area contributed by atoms with Gasteiger partial charge < -0.3 is 5.32 Å². The Bertz CT molecular complexity index is 338. The predicted molar refractivity (Wildman–Crippen MR) is 82.2 cm³/mol. The summed E-state index contributed by atoms with van der Waals surface area (Å²) >= 11 is 0. The van der Waals surface area contributed by atoms with E-state index in [1.807, 2.05) is 0 Å². The summed E-state index contributed by atoms with van der Waals surface area (Å²) in [6.07, 6.45) is 7.00. The Hall–Kier alpha value is -0.0900. The molecule has 0 aromatic carbocycles. The van der Waals surface area contributed by atoms with Crippen LogP contribution in [-0.2, 0) is 9.84 Å². The van der Waals surface area contributed by atoms with Crippen LogP contribution in [-0.4, -0.2) is 32.0 Å².